The number of carbonyl (C=O) groups is 2. The lowest BCUT2D eigenvalue weighted by atomic mass is 9.95. The maximum Gasteiger partial charge on any atom is 0.270 e. The van der Waals surface area contributed by atoms with E-state index in [4.69, 9.17) is 5.21 Å². The first-order valence-corrected chi connectivity index (χ1v) is 6.92. The topological polar surface area (TPSA) is 110 Å². The van der Waals surface area contributed by atoms with Gasteiger partial charge in [0.05, 0.1) is 10.6 Å². The monoisotopic (exact) mass is 312 g/mol. The van der Waals surface area contributed by atoms with Crippen LogP contribution in [0.15, 0.2) is 30.3 Å². The Hall–Kier alpha value is -3.06. The number of nitrogens with one attached hydrogen (secondary N) is 1. The summed E-state index contributed by atoms with van der Waals surface area (Å²) in [5, 5.41) is 20.0. The van der Waals surface area contributed by atoms with Crippen molar-refractivity contribution < 1.29 is 19.7 Å². The predicted octanol–water partition coefficient (Wildman–Crippen LogP) is 3.20. The Balaban J connectivity index is 2.31. The second-order valence-electron chi connectivity index (χ2n) is 5.15. The minimum Gasteiger partial charge on any atom is -0.294 e. The summed E-state index contributed by atoms with van der Waals surface area (Å²) < 4.78 is 0. The summed E-state index contributed by atoms with van der Waals surface area (Å²) in [4.78, 5) is 35.1. The van der Waals surface area contributed by atoms with Crippen LogP contribution in [0.5, 0.6) is 0 Å². The van der Waals surface area contributed by atoms with Crippen molar-refractivity contribution in [2.75, 3.05) is 5.48 Å². The van der Waals surface area contributed by atoms with Crippen molar-refractivity contribution in [1.82, 2.24) is 0 Å². The fraction of sp³-hybridized carbons (Fsp3) is 0.125. The van der Waals surface area contributed by atoms with Gasteiger partial charge in [0.25, 0.3) is 5.69 Å². The van der Waals surface area contributed by atoms with Gasteiger partial charge in [-0.05, 0) is 23.8 Å². The molecular formula is C16H12N2O5. The van der Waals surface area contributed by atoms with E-state index in [1.165, 1.54) is 30.3 Å². The lowest BCUT2D eigenvalue weighted by Crippen LogP contribution is -2.04. The number of nitro benzene ring substituents is 1. The van der Waals surface area contributed by atoms with Gasteiger partial charge in [0.1, 0.15) is 0 Å². The van der Waals surface area contributed by atoms with Gasteiger partial charge in [0.2, 0.25) is 0 Å². The molecule has 1 aliphatic rings. The summed E-state index contributed by atoms with van der Waals surface area (Å²) in [5.41, 5.74) is 3.68. The maximum absolute atomic E-state index is 12.6. The third kappa shape index (κ3) is 2.18. The van der Waals surface area contributed by atoms with Crippen LogP contribution in [0.4, 0.5) is 11.4 Å². The zero-order chi connectivity index (χ0) is 16.7. The van der Waals surface area contributed by atoms with Crippen LogP contribution in [0.25, 0.3) is 11.1 Å². The number of anilines is 1. The number of nitrogens with zero attached hydrogens (tertiary/aromatic N) is 1. The molecule has 2 aromatic carbocycles. The normalized spacial score (nSPS) is 11.8. The number of hydrogen-bond donors (Lipinski definition) is 2. The number of carbonyl (C=O) groups excluding carboxylic acids is 2. The molecule has 0 radical (unpaired) electrons. The maximum atomic E-state index is 12.6. The number of rotatable bonds is 4. The first kappa shape index (κ1) is 14.9. The van der Waals surface area contributed by atoms with Crippen LogP contribution in [0, 0.1) is 10.1 Å². The van der Waals surface area contributed by atoms with Gasteiger partial charge in [-0.2, -0.15) is 0 Å². The van der Waals surface area contributed by atoms with E-state index >= 15 is 0 Å². The molecule has 3 rings (SSSR count). The molecule has 7 nitrogen and oxygen atoms in total. The molecule has 0 aromatic heterocycles. The predicted molar refractivity (Wildman–Crippen MR) is 82.0 cm³/mol. The van der Waals surface area contributed by atoms with Crippen molar-refractivity contribution in [3.8, 4) is 11.1 Å². The summed E-state index contributed by atoms with van der Waals surface area (Å²) in [5.74, 6) is -0.585. The molecule has 0 heterocycles. The average Bonchev–Trinajstić information content (AvgIpc) is 2.85. The second-order valence-corrected chi connectivity index (χ2v) is 5.15. The van der Waals surface area contributed by atoms with Crippen LogP contribution in [-0.2, 0) is 0 Å². The molecule has 0 atom stereocenters. The van der Waals surface area contributed by atoms with E-state index in [2.05, 4.69) is 0 Å². The molecule has 23 heavy (non-hydrogen) atoms. The molecule has 0 aliphatic heterocycles. The number of nitro groups is 1. The van der Waals surface area contributed by atoms with E-state index in [1.807, 2.05) is 5.48 Å². The highest BCUT2D eigenvalue weighted by Crippen LogP contribution is 2.42. The molecule has 0 amide bonds. The molecule has 1 aliphatic carbocycles. The third-order valence-corrected chi connectivity index (χ3v) is 3.86. The van der Waals surface area contributed by atoms with Crippen molar-refractivity contribution in [2.24, 2.45) is 0 Å². The Morgan fingerprint density at radius 3 is 2.57 bits per heavy atom. The number of hydrogen-bond acceptors (Lipinski definition) is 6. The Morgan fingerprint density at radius 2 is 1.96 bits per heavy atom. The minimum atomic E-state index is -0.574. The van der Waals surface area contributed by atoms with E-state index in [1.54, 1.807) is 6.92 Å². The Bertz CT molecular complexity index is 873. The zero-order valence-electron chi connectivity index (χ0n) is 12.1. The number of ketones is 2. The summed E-state index contributed by atoms with van der Waals surface area (Å²) in [6, 6.07) is 6.89. The molecule has 0 spiro atoms. The summed E-state index contributed by atoms with van der Waals surface area (Å²) in [6.45, 7) is 1.70. The van der Waals surface area contributed by atoms with Gasteiger partial charge in [0, 0.05) is 40.8 Å². The Morgan fingerprint density at radius 1 is 1.22 bits per heavy atom. The molecule has 0 unspecified atom stereocenters. The number of benzene rings is 2. The van der Waals surface area contributed by atoms with Crippen molar-refractivity contribution in [2.45, 2.75) is 13.3 Å². The van der Waals surface area contributed by atoms with Gasteiger partial charge in [-0.3, -0.25) is 30.4 Å². The van der Waals surface area contributed by atoms with Gasteiger partial charge in [0.15, 0.2) is 11.6 Å². The van der Waals surface area contributed by atoms with Crippen LogP contribution in [-0.4, -0.2) is 21.7 Å². The minimum absolute atomic E-state index is 0.183. The molecule has 0 bridgehead atoms. The van der Waals surface area contributed by atoms with E-state index in [0.29, 0.717) is 16.7 Å². The van der Waals surface area contributed by atoms with E-state index < -0.39 is 10.7 Å². The summed E-state index contributed by atoms with van der Waals surface area (Å²) >= 11 is 0. The van der Waals surface area contributed by atoms with Gasteiger partial charge >= 0.3 is 0 Å². The zero-order valence-corrected chi connectivity index (χ0v) is 12.1. The molecule has 0 fully saturated rings. The SMILES string of the molecule is CCC(=O)c1cc(NO)cc2c1-c1ccc([N+](=O)[O-])cc1C2=O. The average molecular weight is 312 g/mol. The first-order chi connectivity index (χ1) is 11.0. The van der Waals surface area contributed by atoms with Crippen LogP contribution in [0.3, 0.4) is 0 Å². The van der Waals surface area contributed by atoms with Crippen LogP contribution < -0.4 is 5.48 Å². The number of fused-ring (bicyclic) bond motifs is 3. The van der Waals surface area contributed by atoms with Crippen LogP contribution >= 0.6 is 0 Å². The lowest BCUT2D eigenvalue weighted by Gasteiger charge is -2.10. The van der Waals surface area contributed by atoms with Crippen molar-refractivity contribution >= 4 is 22.9 Å². The fourth-order valence-corrected chi connectivity index (χ4v) is 2.78. The largest absolute Gasteiger partial charge is 0.294 e. The van der Waals surface area contributed by atoms with Crippen molar-refractivity contribution in [3.05, 3.63) is 57.1 Å². The number of non-ortho nitro benzene ring substituents is 1. The smallest absolute Gasteiger partial charge is 0.270 e. The third-order valence-electron chi connectivity index (χ3n) is 3.86. The van der Waals surface area contributed by atoms with Crippen molar-refractivity contribution in [1.29, 1.82) is 0 Å². The van der Waals surface area contributed by atoms with E-state index in [-0.39, 0.29) is 34.7 Å². The standard InChI is InChI=1S/C16H12N2O5/c1-2-14(19)12-5-8(17-21)6-13-15(12)10-4-3-9(18(22)23)7-11(10)16(13)20/h3-7,17,21H,2H2,1H3. The molecule has 7 heteroatoms. The second kappa shape index (κ2) is 5.29. The number of Topliss-reactive ketones (excluding diaryl/α,β-unsaturated/α-hetero) is 1. The lowest BCUT2D eigenvalue weighted by molar-refractivity contribution is -0.384. The highest BCUT2D eigenvalue weighted by molar-refractivity contribution is 6.25. The van der Waals surface area contributed by atoms with Gasteiger partial charge in [-0.25, -0.2) is 0 Å². The Labute approximate surface area is 130 Å². The fourth-order valence-electron chi connectivity index (χ4n) is 2.78. The van der Waals surface area contributed by atoms with Crippen LogP contribution in [0.2, 0.25) is 0 Å². The molecular weight excluding hydrogens is 300 g/mol. The highest BCUT2D eigenvalue weighted by atomic mass is 16.6. The molecule has 2 aromatic rings. The van der Waals surface area contributed by atoms with Crippen LogP contribution in [0.1, 0.15) is 39.6 Å². The van der Waals surface area contributed by atoms with Gasteiger partial charge in [-0.15, -0.1) is 0 Å². The summed E-state index contributed by atoms with van der Waals surface area (Å²) in [7, 11) is 0. The van der Waals surface area contributed by atoms with Gasteiger partial charge in [-0.1, -0.05) is 6.92 Å². The molecule has 0 saturated heterocycles. The Kier molecular flexibility index (Phi) is 3.42. The quantitative estimate of drug-likeness (QED) is 0.435. The highest BCUT2D eigenvalue weighted by Gasteiger charge is 2.32. The molecule has 2 N–H and O–H groups in total. The first-order valence-electron chi connectivity index (χ1n) is 6.92. The van der Waals surface area contributed by atoms with E-state index in [0.717, 1.165) is 0 Å². The molecule has 0 saturated carbocycles. The van der Waals surface area contributed by atoms with Crippen molar-refractivity contribution in [3.63, 3.8) is 0 Å². The van der Waals surface area contributed by atoms with E-state index in [9.17, 15) is 19.7 Å². The van der Waals surface area contributed by atoms with Gasteiger partial charge < -0.3 is 0 Å². The molecule has 116 valence electrons. The summed E-state index contributed by atoms with van der Waals surface area (Å²) in [6.07, 6.45) is 0.234.